The molecule has 0 bridgehead atoms. The average molecular weight is 330 g/mol. The second-order valence-electron chi connectivity index (χ2n) is 6.50. The first-order valence-electron chi connectivity index (χ1n) is 8.07. The molecule has 0 aromatic heterocycles. The van der Waals surface area contributed by atoms with Crippen molar-refractivity contribution >= 4 is 0 Å². The molecule has 1 aliphatic rings. The van der Waals surface area contributed by atoms with Crippen LogP contribution >= 0.6 is 0 Å². The van der Waals surface area contributed by atoms with Gasteiger partial charge in [-0.3, -0.25) is 0 Å². The lowest BCUT2D eigenvalue weighted by molar-refractivity contribution is -0.138. The number of rotatable bonds is 6. The van der Waals surface area contributed by atoms with Gasteiger partial charge in [0.15, 0.2) is 0 Å². The molecule has 1 aromatic rings. The zero-order valence-corrected chi connectivity index (χ0v) is 13.4. The van der Waals surface area contributed by atoms with E-state index in [0.29, 0.717) is 19.6 Å². The van der Waals surface area contributed by atoms with Crippen LogP contribution in [-0.4, -0.2) is 48.4 Å². The number of alkyl halides is 3. The third-order valence-electron chi connectivity index (χ3n) is 4.43. The Hall–Kier alpha value is -1.11. The number of benzene rings is 1. The van der Waals surface area contributed by atoms with Gasteiger partial charge in [-0.25, -0.2) is 0 Å². The van der Waals surface area contributed by atoms with Crippen molar-refractivity contribution in [3.8, 4) is 0 Å². The van der Waals surface area contributed by atoms with Gasteiger partial charge in [-0.1, -0.05) is 30.3 Å². The summed E-state index contributed by atoms with van der Waals surface area (Å²) >= 11 is 0. The van der Waals surface area contributed by atoms with Crippen LogP contribution in [0, 0.1) is 0 Å². The van der Waals surface area contributed by atoms with Gasteiger partial charge in [0.25, 0.3) is 0 Å². The SMILES string of the molecule is CC(O)(CNC1CCN(CCC(F)(F)F)CC1)c1ccccc1. The zero-order chi connectivity index (χ0) is 16.9. The first-order chi connectivity index (χ1) is 10.8. The van der Waals surface area contributed by atoms with Gasteiger partial charge in [-0.05, 0) is 38.4 Å². The molecular weight excluding hydrogens is 305 g/mol. The normalized spacial score (nSPS) is 20.4. The highest BCUT2D eigenvalue weighted by molar-refractivity contribution is 5.21. The van der Waals surface area contributed by atoms with Crippen LogP contribution in [-0.2, 0) is 5.60 Å². The van der Waals surface area contributed by atoms with Crippen LogP contribution in [0.4, 0.5) is 13.2 Å². The molecule has 23 heavy (non-hydrogen) atoms. The lowest BCUT2D eigenvalue weighted by Crippen LogP contribution is -2.47. The van der Waals surface area contributed by atoms with Crippen molar-refractivity contribution < 1.29 is 18.3 Å². The van der Waals surface area contributed by atoms with Gasteiger partial charge in [-0.2, -0.15) is 13.2 Å². The molecule has 1 atom stereocenters. The molecule has 3 nitrogen and oxygen atoms in total. The van der Waals surface area contributed by atoms with E-state index in [1.165, 1.54) is 0 Å². The summed E-state index contributed by atoms with van der Waals surface area (Å²) in [6.45, 7) is 3.62. The maximum atomic E-state index is 12.2. The van der Waals surface area contributed by atoms with Gasteiger partial charge in [0, 0.05) is 19.1 Å². The third-order valence-corrected chi connectivity index (χ3v) is 4.43. The summed E-state index contributed by atoms with van der Waals surface area (Å²) in [6.07, 6.45) is -3.21. The lowest BCUT2D eigenvalue weighted by atomic mass is 9.95. The molecule has 1 unspecified atom stereocenters. The Balaban J connectivity index is 1.72. The molecular formula is C17H25F3N2O. The van der Waals surface area contributed by atoms with Gasteiger partial charge in [0.2, 0.25) is 0 Å². The van der Waals surface area contributed by atoms with Crippen molar-refractivity contribution in [2.75, 3.05) is 26.2 Å². The Bertz CT molecular complexity index is 468. The number of piperidine rings is 1. The van der Waals surface area contributed by atoms with Gasteiger partial charge < -0.3 is 15.3 Å². The highest BCUT2D eigenvalue weighted by atomic mass is 19.4. The van der Waals surface area contributed by atoms with E-state index in [1.54, 1.807) is 6.92 Å². The molecule has 130 valence electrons. The van der Waals surface area contributed by atoms with E-state index in [9.17, 15) is 18.3 Å². The van der Waals surface area contributed by atoms with Gasteiger partial charge in [-0.15, -0.1) is 0 Å². The Kier molecular flexibility index (Phi) is 6.06. The Morgan fingerprint density at radius 2 is 1.78 bits per heavy atom. The zero-order valence-electron chi connectivity index (χ0n) is 13.4. The maximum absolute atomic E-state index is 12.2. The molecule has 0 saturated carbocycles. The molecule has 0 amide bonds. The van der Waals surface area contributed by atoms with E-state index < -0.39 is 18.2 Å². The predicted molar refractivity (Wildman–Crippen MR) is 84.1 cm³/mol. The van der Waals surface area contributed by atoms with Crippen LogP contribution in [0.5, 0.6) is 0 Å². The average Bonchev–Trinajstić information content (AvgIpc) is 2.52. The summed E-state index contributed by atoms with van der Waals surface area (Å²) < 4.78 is 36.7. The Morgan fingerprint density at radius 1 is 1.17 bits per heavy atom. The molecule has 0 aliphatic carbocycles. The number of nitrogens with one attached hydrogen (secondary N) is 1. The molecule has 2 rings (SSSR count). The van der Waals surface area contributed by atoms with E-state index in [2.05, 4.69) is 5.32 Å². The molecule has 0 radical (unpaired) electrons. The van der Waals surface area contributed by atoms with Crippen LogP contribution < -0.4 is 5.32 Å². The number of nitrogens with zero attached hydrogens (tertiary/aromatic N) is 1. The number of hydrogen-bond acceptors (Lipinski definition) is 3. The topological polar surface area (TPSA) is 35.5 Å². The Morgan fingerprint density at radius 3 is 2.35 bits per heavy atom. The number of halogens is 3. The molecule has 1 aliphatic heterocycles. The van der Waals surface area contributed by atoms with Crippen LogP contribution in [0.1, 0.15) is 31.7 Å². The first kappa shape index (κ1) is 18.2. The molecule has 1 aromatic carbocycles. The van der Waals surface area contributed by atoms with Crippen molar-refractivity contribution in [1.29, 1.82) is 0 Å². The second-order valence-corrected chi connectivity index (χ2v) is 6.50. The quantitative estimate of drug-likeness (QED) is 0.842. The van der Waals surface area contributed by atoms with Gasteiger partial charge >= 0.3 is 6.18 Å². The standard InChI is InChI=1S/C17H25F3N2O/c1-16(23,14-5-3-2-4-6-14)13-21-15-7-10-22(11-8-15)12-9-17(18,19)20/h2-6,15,21,23H,7-13H2,1H3. The largest absolute Gasteiger partial charge is 0.390 e. The predicted octanol–water partition coefficient (Wildman–Crippen LogP) is 2.90. The van der Waals surface area contributed by atoms with E-state index >= 15 is 0 Å². The van der Waals surface area contributed by atoms with Crippen molar-refractivity contribution in [3.63, 3.8) is 0 Å². The van der Waals surface area contributed by atoms with Crippen LogP contribution in [0.15, 0.2) is 30.3 Å². The number of likely N-dealkylation sites (tertiary alicyclic amines) is 1. The minimum absolute atomic E-state index is 0.0813. The summed E-state index contributed by atoms with van der Waals surface area (Å²) in [5, 5.41) is 13.9. The van der Waals surface area contributed by atoms with Crippen molar-refractivity contribution in [2.24, 2.45) is 0 Å². The Labute approximate surface area is 135 Å². The van der Waals surface area contributed by atoms with E-state index in [4.69, 9.17) is 0 Å². The fourth-order valence-electron chi connectivity index (χ4n) is 2.89. The summed E-state index contributed by atoms with van der Waals surface area (Å²) in [7, 11) is 0. The monoisotopic (exact) mass is 330 g/mol. The van der Waals surface area contributed by atoms with E-state index in [-0.39, 0.29) is 12.6 Å². The summed E-state index contributed by atoms with van der Waals surface area (Å²) in [5.41, 5.74) is -0.0931. The van der Waals surface area contributed by atoms with Crippen LogP contribution in [0.2, 0.25) is 0 Å². The highest BCUT2D eigenvalue weighted by Crippen LogP contribution is 2.22. The van der Waals surface area contributed by atoms with Crippen LogP contribution in [0.3, 0.4) is 0 Å². The fraction of sp³-hybridized carbons (Fsp3) is 0.647. The number of hydrogen-bond donors (Lipinski definition) is 2. The fourth-order valence-corrected chi connectivity index (χ4v) is 2.89. The highest BCUT2D eigenvalue weighted by Gasteiger charge is 2.30. The molecule has 1 heterocycles. The smallest absolute Gasteiger partial charge is 0.384 e. The molecule has 0 spiro atoms. The third kappa shape index (κ3) is 6.12. The second kappa shape index (κ2) is 7.64. The lowest BCUT2D eigenvalue weighted by Gasteiger charge is -2.34. The number of aliphatic hydroxyl groups is 1. The van der Waals surface area contributed by atoms with Crippen LogP contribution in [0.25, 0.3) is 0 Å². The van der Waals surface area contributed by atoms with Gasteiger partial charge in [0.1, 0.15) is 0 Å². The van der Waals surface area contributed by atoms with Crippen molar-refractivity contribution in [1.82, 2.24) is 10.2 Å². The first-order valence-corrected chi connectivity index (χ1v) is 8.07. The van der Waals surface area contributed by atoms with E-state index in [0.717, 1.165) is 18.4 Å². The maximum Gasteiger partial charge on any atom is 0.390 e. The molecule has 6 heteroatoms. The summed E-state index contributed by atoms with van der Waals surface area (Å²) in [4.78, 5) is 1.86. The molecule has 2 N–H and O–H groups in total. The minimum Gasteiger partial charge on any atom is -0.384 e. The van der Waals surface area contributed by atoms with Crippen molar-refractivity contribution in [2.45, 2.75) is 44.0 Å². The molecule has 1 saturated heterocycles. The van der Waals surface area contributed by atoms with Crippen molar-refractivity contribution in [3.05, 3.63) is 35.9 Å². The summed E-state index contributed by atoms with van der Waals surface area (Å²) in [5.74, 6) is 0. The van der Waals surface area contributed by atoms with E-state index in [1.807, 2.05) is 35.2 Å². The van der Waals surface area contributed by atoms with Gasteiger partial charge in [0.05, 0.1) is 12.0 Å². The molecule has 1 fully saturated rings. The minimum atomic E-state index is -4.08. The summed E-state index contributed by atoms with van der Waals surface area (Å²) in [6, 6.07) is 9.71.